The van der Waals surface area contributed by atoms with E-state index in [0.717, 1.165) is 19.3 Å². The van der Waals surface area contributed by atoms with Gasteiger partial charge in [0.25, 0.3) is 5.91 Å². The Morgan fingerprint density at radius 2 is 2.23 bits per heavy atom. The van der Waals surface area contributed by atoms with Crippen LogP contribution in [0.3, 0.4) is 0 Å². The Hall–Kier alpha value is -3.34. The number of likely N-dealkylation sites (tertiary alicyclic amines) is 1. The third-order valence-corrected chi connectivity index (χ3v) is 5.75. The van der Waals surface area contributed by atoms with Crippen molar-refractivity contribution in [1.82, 2.24) is 15.2 Å². The highest BCUT2D eigenvalue weighted by Crippen LogP contribution is 2.28. The third kappa shape index (κ3) is 5.05. The Morgan fingerprint density at radius 3 is 2.84 bits per heavy atom. The average Bonchev–Trinajstić information content (AvgIpc) is 3.07. The van der Waals surface area contributed by atoms with E-state index in [9.17, 15) is 14.9 Å². The number of fused-ring (bicyclic) bond motifs is 1. The molecule has 2 aromatic rings. The third-order valence-electron chi connectivity index (χ3n) is 5.75. The van der Waals surface area contributed by atoms with Gasteiger partial charge in [-0.25, -0.2) is 4.98 Å². The number of aromatic nitrogens is 1. The molecule has 1 aliphatic rings. The summed E-state index contributed by atoms with van der Waals surface area (Å²) in [6.45, 7) is 10.6. The number of hydrogen-bond acceptors (Lipinski definition) is 6. The maximum Gasteiger partial charge on any atom is 0.256 e. The molecule has 2 aromatic heterocycles. The predicted molar refractivity (Wildman–Crippen MR) is 119 cm³/mol. The van der Waals surface area contributed by atoms with Crippen molar-refractivity contribution in [3.8, 4) is 6.07 Å². The van der Waals surface area contributed by atoms with Gasteiger partial charge in [-0.3, -0.25) is 9.59 Å². The predicted octanol–water partition coefficient (Wildman–Crippen LogP) is 3.45. The second kappa shape index (κ2) is 9.65. The van der Waals surface area contributed by atoms with Crippen LogP contribution in [0.1, 0.15) is 56.2 Å². The van der Waals surface area contributed by atoms with Gasteiger partial charge in [0.05, 0.1) is 12.2 Å². The molecule has 3 rings (SSSR count). The van der Waals surface area contributed by atoms with Crippen LogP contribution in [0, 0.1) is 17.2 Å². The van der Waals surface area contributed by atoms with Crippen LogP contribution in [0.2, 0.25) is 0 Å². The highest BCUT2D eigenvalue weighted by atomic mass is 16.3. The average molecular weight is 424 g/mol. The lowest BCUT2D eigenvalue weighted by molar-refractivity contribution is -0.133. The zero-order valence-corrected chi connectivity index (χ0v) is 18.3. The van der Waals surface area contributed by atoms with Crippen molar-refractivity contribution in [2.45, 2.75) is 52.1 Å². The summed E-state index contributed by atoms with van der Waals surface area (Å²) in [5, 5.41) is 16.3. The molecular weight excluding hydrogens is 394 g/mol. The lowest BCUT2D eigenvalue weighted by Crippen LogP contribution is -2.60. The fourth-order valence-corrected chi connectivity index (χ4v) is 3.75. The molecule has 2 amide bonds. The van der Waals surface area contributed by atoms with Crippen molar-refractivity contribution in [3.63, 3.8) is 0 Å². The number of carbonyl (C=O) groups excluding carboxylic acids is 2. The topological polar surface area (TPSA) is 111 Å². The maximum atomic E-state index is 12.9. The molecule has 2 N–H and O–H groups in total. The minimum Gasteiger partial charge on any atom is -0.443 e. The van der Waals surface area contributed by atoms with Gasteiger partial charge in [-0.2, -0.15) is 5.26 Å². The number of carbonyl (C=O) groups is 2. The largest absolute Gasteiger partial charge is 0.443 e. The monoisotopic (exact) mass is 423 g/mol. The summed E-state index contributed by atoms with van der Waals surface area (Å²) in [5.41, 5.74) is 0.583. The first-order valence-electron chi connectivity index (χ1n) is 10.6. The number of amides is 2. The van der Waals surface area contributed by atoms with Gasteiger partial charge in [0, 0.05) is 31.4 Å². The van der Waals surface area contributed by atoms with E-state index in [2.05, 4.69) is 36.0 Å². The van der Waals surface area contributed by atoms with Crippen molar-refractivity contribution >= 4 is 28.6 Å². The summed E-state index contributed by atoms with van der Waals surface area (Å²) >= 11 is 0. The van der Waals surface area contributed by atoms with E-state index in [4.69, 9.17) is 4.42 Å². The van der Waals surface area contributed by atoms with Gasteiger partial charge in [0.15, 0.2) is 5.58 Å². The van der Waals surface area contributed by atoms with Crippen LogP contribution in [0.5, 0.6) is 0 Å². The summed E-state index contributed by atoms with van der Waals surface area (Å²) in [5.74, 6) is 0.719. The van der Waals surface area contributed by atoms with E-state index in [1.165, 1.54) is 13.1 Å². The Balaban J connectivity index is 1.82. The van der Waals surface area contributed by atoms with Crippen LogP contribution < -0.4 is 10.6 Å². The molecule has 2 unspecified atom stereocenters. The number of hydrogen-bond donors (Lipinski definition) is 2. The molecule has 0 spiro atoms. The second-order valence-corrected chi connectivity index (χ2v) is 8.19. The minimum absolute atomic E-state index is 0.0229. The number of nitrogens with zero attached hydrogens (tertiary/aromatic N) is 3. The van der Waals surface area contributed by atoms with Crippen LogP contribution >= 0.6 is 0 Å². The minimum atomic E-state index is -0.386. The van der Waals surface area contributed by atoms with Gasteiger partial charge in [0.2, 0.25) is 11.7 Å². The molecule has 1 aliphatic heterocycles. The van der Waals surface area contributed by atoms with Gasteiger partial charge in [-0.1, -0.05) is 26.3 Å². The highest BCUT2D eigenvalue weighted by molar-refractivity contribution is 6.08. The second-order valence-electron chi connectivity index (χ2n) is 8.19. The molecule has 8 nitrogen and oxygen atoms in total. The number of furan rings is 1. The molecule has 0 saturated carbocycles. The smallest absolute Gasteiger partial charge is 0.256 e. The molecule has 164 valence electrons. The first kappa shape index (κ1) is 22.3. The lowest BCUT2D eigenvalue weighted by Gasteiger charge is -2.38. The van der Waals surface area contributed by atoms with Crippen molar-refractivity contribution in [3.05, 3.63) is 36.2 Å². The van der Waals surface area contributed by atoms with Crippen molar-refractivity contribution in [2.75, 3.05) is 18.4 Å². The number of nitriles is 1. The molecule has 8 heteroatoms. The maximum absolute atomic E-state index is 12.9. The molecule has 1 fully saturated rings. The van der Waals surface area contributed by atoms with E-state index in [1.54, 1.807) is 11.0 Å². The van der Waals surface area contributed by atoms with Crippen molar-refractivity contribution < 1.29 is 14.0 Å². The quantitative estimate of drug-likeness (QED) is 0.598. The molecule has 0 aromatic carbocycles. The summed E-state index contributed by atoms with van der Waals surface area (Å²) in [7, 11) is 0. The molecule has 0 bridgehead atoms. The van der Waals surface area contributed by atoms with Gasteiger partial charge < -0.3 is 20.0 Å². The Kier molecular flexibility index (Phi) is 6.95. The van der Waals surface area contributed by atoms with E-state index in [1.807, 2.05) is 12.1 Å². The fourth-order valence-electron chi connectivity index (χ4n) is 3.75. The summed E-state index contributed by atoms with van der Waals surface area (Å²) in [4.78, 5) is 30.3. The molecule has 1 saturated heterocycles. The van der Waals surface area contributed by atoms with E-state index >= 15 is 0 Å². The number of nitrogens with one attached hydrogen (secondary N) is 2. The van der Waals surface area contributed by atoms with E-state index in [0.29, 0.717) is 35.8 Å². The first-order chi connectivity index (χ1) is 14.9. The lowest BCUT2D eigenvalue weighted by atomic mass is 9.97. The van der Waals surface area contributed by atoms with Gasteiger partial charge in [-0.15, -0.1) is 6.58 Å². The van der Waals surface area contributed by atoms with Crippen LogP contribution in [0.4, 0.5) is 5.82 Å². The number of pyridine rings is 1. The Morgan fingerprint density at radius 1 is 1.48 bits per heavy atom. The first-order valence-corrected chi connectivity index (χ1v) is 10.6. The highest BCUT2D eigenvalue weighted by Gasteiger charge is 2.32. The van der Waals surface area contributed by atoms with Gasteiger partial charge in [0.1, 0.15) is 17.5 Å². The summed E-state index contributed by atoms with van der Waals surface area (Å²) < 4.78 is 5.56. The molecule has 3 heterocycles. The van der Waals surface area contributed by atoms with Crippen molar-refractivity contribution in [1.29, 1.82) is 5.26 Å². The zero-order valence-electron chi connectivity index (χ0n) is 18.3. The normalized spacial score (nSPS) is 15.6. The molecule has 31 heavy (non-hydrogen) atoms. The number of anilines is 1. The van der Waals surface area contributed by atoms with Crippen LogP contribution in [0.25, 0.3) is 11.0 Å². The molecular formula is C23H29N5O3. The molecule has 2 atom stereocenters. The van der Waals surface area contributed by atoms with Crippen LogP contribution in [0.15, 0.2) is 29.3 Å². The standard InChI is InChI=1S/C23H29N5O3/c1-5-7-16(8-14(3)6-2)26-21-9-18-20(11-25-21)31-19(10-24)22(18)23(30)27-17-12-28(13-17)15(4)29/h5,9,11,14,16-17H,1,6-8,12-13H2,2-4H3,(H,25,26)(H,27,30). The summed E-state index contributed by atoms with van der Waals surface area (Å²) in [6, 6.07) is 3.75. The van der Waals surface area contributed by atoms with E-state index in [-0.39, 0.29) is 35.2 Å². The van der Waals surface area contributed by atoms with Gasteiger partial charge >= 0.3 is 0 Å². The van der Waals surface area contributed by atoms with E-state index < -0.39 is 0 Å². The SMILES string of the molecule is C=CCC(CC(C)CC)Nc1cc2c(C(=O)NC3CN(C(C)=O)C3)c(C#N)oc2cn1. The Bertz CT molecular complexity index is 1020. The van der Waals surface area contributed by atoms with Crippen molar-refractivity contribution in [2.24, 2.45) is 5.92 Å². The summed E-state index contributed by atoms with van der Waals surface area (Å²) in [6.07, 6.45) is 6.26. The Labute approximate surface area is 182 Å². The molecule has 0 radical (unpaired) electrons. The zero-order chi connectivity index (χ0) is 22.5. The van der Waals surface area contributed by atoms with Crippen LogP contribution in [-0.2, 0) is 4.79 Å². The van der Waals surface area contributed by atoms with Gasteiger partial charge in [-0.05, 0) is 24.8 Å². The molecule has 0 aliphatic carbocycles. The number of rotatable bonds is 9. The fraction of sp³-hybridized carbons (Fsp3) is 0.478. The van der Waals surface area contributed by atoms with Crippen LogP contribution in [-0.4, -0.2) is 46.9 Å².